The molecule has 2 aliphatic rings. The number of hydrogen-bond acceptors (Lipinski definition) is 12. The average molecular weight is 511 g/mol. The molecule has 2 saturated heterocycles. The first-order chi connectivity index (χ1) is 16.2. The maximum Gasteiger partial charge on any atom is 0.304 e. The zero-order valence-electron chi connectivity index (χ0n) is 21.7. The smallest absolute Gasteiger partial charge is 0.304 e. The van der Waals surface area contributed by atoms with Gasteiger partial charge in [0.1, 0.15) is 18.8 Å². The maximum atomic E-state index is 11.0. The highest BCUT2D eigenvalue weighted by atomic mass is 16.7. The Bertz CT molecular complexity index is 650. The van der Waals surface area contributed by atoms with Crippen LogP contribution in [0.2, 0.25) is 0 Å². The van der Waals surface area contributed by atoms with Crippen LogP contribution in [0.1, 0.15) is 48.5 Å². The summed E-state index contributed by atoms with van der Waals surface area (Å²) in [6.45, 7) is 11.6. The van der Waals surface area contributed by atoms with Crippen LogP contribution in [0.15, 0.2) is 0 Å². The third kappa shape index (κ3) is 11.2. The second kappa shape index (κ2) is 16.0. The molecular weight excluding hydrogens is 468 g/mol. The number of aliphatic hydroxyl groups excluding tert-OH is 4. The van der Waals surface area contributed by atoms with Crippen molar-refractivity contribution in [1.82, 2.24) is 0 Å². The molecule has 35 heavy (non-hydrogen) atoms. The lowest BCUT2D eigenvalue weighted by molar-refractivity contribution is -0.266. The Kier molecular flexibility index (Phi) is 15.2. The molecule has 4 N–H and O–H groups in total. The van der Waals surface area contributed by atoms with Crippen molar-refractivity contribution in [3.63, 3.8) is 0 Å². The van der Waals surface area contributed by atoms with Gasteiger partial charge in [-0.2, -0.15) is 0 Å². The van der Waals surface area contributed by atoms with Gasteiger partial charge in [-0.3, -0.25) is 14.4 Å². The van der Waals surface area contributed by atoms with Crippen LogP contribution in [-0.2, 0) is 38.1 Å². The van der Waals surface area contributed by atoms with Gasteiger partial charge < -0.3 is 44.1 Å². The van der Waals surface area contributed by atoms with Gasteiger partial charge in [0.15, 0.2) is 6.29 Å². The lowest BCUT2D eigenvalue weighted by Crippen LogP contribution is -2.54. The van der Waals surface area contributed by atoms with E-state index in [-0.39, 0.29) is 42.5 Å². The molecule has 2 fully saturated rings. The van der Waals surface area contributed by atoms with Crippen molar-refractivity contribution in [3.8, 4) is 0 Å². The summed E-state index contributed by atoms with van der Waals surface area (Å²) in [4.78, 5) is 31.5. The predicted octanol–water partition coefficient (Wildman–Crippen LogP) is -0.0211. The van der Waals surface area contributed by atoms with Gasteiger partial charge in [0.05, 0.1) is 25.9 Å². The lowest BCUT2D eigenvalue weighted by atomic mass is 9.79. The number of esters is 3. The van der Waals surface area contributed by atoms with E-state index >= 15 is 0 Å². The normalized spacial score (nSPS) is 36.3. The quantitative estimate of drug-likeness (QED) is 0.294. The summed E-state index contributed by atoms with van der Waals surface area (Å²) in [6.07, 6.45) is -5.00. The summed E-state index contributed by atoms with van der Waals surface area (Å²) < 4.78 is 24.8. The monoisotopic (exact) mass is 510 g/mol. The Labute approximate surface area is 206 Å². The number of carbonyl (C=O) groups excluding carboxylic acids is 3. The second-order valence-corrected chi connectivity index (χ2v) is 8.82. The first-order valence-electron chi connectivity index (χ1n) is 11.5. The van der Waals surface area contributed by atoms with Crippen LogP contribution in [-0.4, -0.2) is 95.7 Å². The van der Waals surface area contributed by atoms with Gasteiger partial charge in [-0.05, 0) is 11.8 Å². The molecule has 0 aromatic heterocycles. The van der Waals surface area contributed by atoms with Crippen LogP contribution in [0, 0.1) is 23.7 Å². The van der Waals surface area contributed by atoms with Crippen molar-refractivity contribution >= 4 is 17.9 Å². The number of ether oxygens (including phenoxy) is 5. The number of rotatable bonds is 4. The Balaban J connectivity index is 0.000000583. The van der Waals surface area contributed by atoms with E-state index in [2.05, 4.69) is 18.6 Å². The summed E-state index contributed by atoms with van der Waals surface area (Å²) >= 11 is 0. The lowest BCUT2D eigenvalue weighted by Gasteiger charge is -2.42. The van der Waals surface area contributed by atoms with Gasteiger partial charge in [0, 0.05) is 32.6 Å². The number of methoxy groups -OCH3 is 1. The van der Waals surface area contributed by atoms with E-state index in [4.69, 9.17) is 29.2 Å². The van der Waals surface area contributed by atoms with Crippen molar-refractivity contribution in [1.29, 1.82) is 0 Å². The molecule has 2 aliphatic heterocycles. The van der Waals surface area contributed by atoms with Gasteiger partial charge in [-0.25, -0.2) is 0 Å². The van der Waals surface area contributed by atoms with E-state index in [1.165, 1.54) is 27.9 Å². The Morgan fingerprint density at radius 2 is 1.29 bits per heavy atom. The number of carbonyl (C=O) groups is 3. The van der Waals surface area contributed by atoms with Gasteiger partial charge in [-0.15, -0.1) is 0 Å². The first kappa shape index (κ1) is 33.2. The van der Waals surface area contributed by atoms with Crippen molar-refractivity contribution in [3.05, 3.63) is 0 Å². The van der Waals surface area contributed by atoms with E-state index in [9.17, 15) is 24.6 Å². The molecule has 0 spiro atoms. The van der Waals surface area contributed by atoms with Crippen LogP contribution >= 0.6 is 0 Å². The molecule has 2 rings (SSSR count). The topological polar surface area (TPSA) is 178 Å². The minimum atomic E-state index is -1.13. The Morgan fingerprint density at radius 3 is 1.71 bits per heavy atom. The van der Waals surface area contributed by atoms with Crippen molar-refractivity contribution in [2.45, 2.75) is 85.5 Å². The molecule has 0 aliphatic carbocycles. The molecule has 10 atom stereocenters. The highest BCUT2D eigenvalue weighted by Crippen LogP contribution is 2.35. The second-order valence-electron chi connectivity index (χ2n) is 8.82. The van der Waals surface area contributed by atoms with Crippen molar-refractivity contribution in [2.75, 3.05) is 20.3 Å². The molecule has 0 saturated carbocycles. The standard InChI is InChI=1S/C13H22O5.C7H14O5.C3H6O2/c1-7-8(2)12(6-16-10(4)14)18-13(9(7)3)17-11(5)15;1-3-5(9)6(10)4(2-8)12-7(3)11;1-3(4)5-2/h7-9,12-13H,6H2,1-5H3;3-11H,2H2,1H3;1-2H3. The zero-order valence-corrected chi connectivity index (χ0v) is 21.7. The van der Waals surface area contributed by atoms with Crippen LogP contribution in [0.25, 0.3) is 0 Å². The third-order valence-electron chi connectivity index (χ3n) is 6.22. The highest BCUT2D eigenvalue weighted by molar-refractivity contribution is 5.66. The molecule has 0 aromatic carbocycles. The molecule has 2 heterocycles. The van der Waals surface area contributed by atoms with E-state index in [0.29, 0.717) is 5.92 Å². The molecule has 10 unspecified atom stereocenters. The molecular formula is C23H42O12. The minimum Gasteiger partial charge on any atom is -0.469 e. The minimum absolute atomic E-state index is 0.123. The van der Waals surface area contributed by atoms with Crippen LogP contribution in [0.4, 0.5) is 0 Å². The molecule has 206 valence electrons. The summed E-state index contributed by atoms with van der Waals surface area (Å²) in [5.74, 6) is -0.791. The number of aliphatic hydroxyl groups is 4. The van der Waals surface area contributed by atoms with E-state index in [1.54, 1.807) is 6.92 Å². The SMILES string of the molecule is CC(=O)OCC1OC(OC(C)=O)C(C)C(C)C1C.CC1C(O)OC(CO)C(O)C1O.COC(C)=O. The molecule has 0 aromatic rings. The maximum absolute atomic E-state index is 11.0. The van der Waals surface area contributed by atoms with Gasteiger partial charge in [0.2, 0.25) is 6.29 Å². The van der Waals surface area contributed by atoms with E-state index in [1.807, 2.05) is 6.92 Å². The van der Waals surface area contributed by atoms with Gasteiger partial charge in [-0.1, -0.05) is 27.7 Å². The molecule has 0 radical (unpaired) electrons. The molecule has 12 nitrogen and oxygen atoms in total. The molecule has 12 heteroatoms. The summed E-state index contributed by atoms with van der Waals surface area (Å²) in [6, 6.07) is 0. The molecule has 0 amide bonds. The number of hydrogen-bond donors (Lipinski definition) is 4. The van der Waals surface area contributed by atoms with Gasteiger partial charge >= 0.3 is 17.9 Å². The molecule has 0 bridgehead atoms. The largest absolute Gasteiger partial charge is 0.469 e. The van der Waals surface area contributed by atoms with E-state index in [0.717, 1.165) is 0 Å². The van der Waals surface area contributed by atoms with Crippen molar-refractivity contribution in [2.24, 2.45) is 23.7 Å². The fourth-order valence-electron chi connectivity index (χ4n) is 3.41. The van der Waals surface area contributed by atoms with Crippen molar-refractivity contribution < 1.29 is 58.5 Å². The van der Waals surface area contributed by atoms with E-state index < -0.39 is 43.4 Å². The fourth-order valence-corrected chi connectivity index (χ4v) is 3.41. The summed E-state index contributed by atoms with van der Waals surface area (Å²) in [7, 11) is 1.35. The predicted molar refractivity (Wildman–Crippen MR) is 121 cm³/mol. The summed E-state index contributed by atoms with van der Waals surface area (Å²) in [5.41, 5.74) is 0. The van der Waals surface area contributed by atoms with Crippen LogP contribution in [0.3, 0.4) is 0 Å². The van der Waals surface area contributed by atoms with Crippen LogP contribution < -0.4 is 0 Å². The summed E-state index contributed by atoms with van der Waals surface area (Å²) in [5, 5.41) is 36.4. The van der Waals surface area contributed by atoms with Gasteiger partial charge in [0.25, 0.3) is 0 Å². The zero-order chi connectivity index (χ0) is 27.5. The Morgan fingerprint density at radius 1 is 0.743 bits per heavy atom. The third-order valence-corrected chi connectivity index (χ3v) is 6.22. The highest BCUT2D eigenvalue weighted by Gasteiger charge is 2.42. The first-order valence-corrected chi connectivity index (χ1v) is 11.5. The average Bonchev–Trinajstić information content (AvgIpc) is 2.80. The fraction of sp³-hybridized carbons (Fsp3) is 0.870. The van der Waals surface area contributed by atoms with Crippen LogP contribution in [0.5, 0.6) is 0 Å². The Hall–Kier alpha value is -1.83.